The molecule has 0 spiro atoms. The molecule has 100 valence electrons. The average molecular weight is 256 g/mol. The maximum absolute atomic E-state index is 4.60. The van der Waals surface area contributed by atoms with Crippen LogP contribution in [0.3, 0.4) is 0 Å². The lowest BCUT2D eigenvalue weighted by atomic mass is 10.2. The highest BCUT2D eigenvalue weighted by Crippen LogP contribution is 2.24. The number of aromatic nitrogens is 3. The quantitative estimate of drug-likeness (QED) is 0.916. The Morgan fingerprint density at radius 1 is 1.21 bits per heavy atom. The monoisotopic (exact) mass is 256 g/mol. The molecule has 0 unspecified atom stereocenters. The van der Waals surface area contributed by atoms with Gasteiger partial charge in [0.25, 0.3) is 0 Å². The fourth-order valence-electron chi connectivity index (χ4n) is 2.72. The maximum atomic E-state index is 4.60. The fourth-order valence-corrected chi connectivity index (χ4v) is 2.72. The van der Waals surface area contributed by atoms with Gasteiger partial charge in [0.05, 0.1) is 17.6 Å². The summed E-state index contributed by atoms with van der Waals surface area (Å²) in [7, 11) is 0. The molecule has 0 bridgehead atoms. The topological polar surface area (TPSA) is 42.7 Å². The Kier molecular flexibility index (Phi) is 3.23. The van der Waals surface area contributed by atoms with Crippen molar-refractivity contribution in [2.24, 2.45) is 0 Å². The Bertz CT molecular complexity index is 567. The minimum absolute atomic E-state index is 0.568. The first-order valence-corrected chi connectivity index (χ1v) is 6.97. The average Bonchev–Trinajstić information content (AvgIpc) is 3.00. The van der Waals surface area contributed by atoms with Gasteiger partial charge in [-0.2, -0.15) is 0 Å². The van der Waals surface area contributed by atoms with Gasteiger partial charge in [0.2, 0.25) is 5.95 Å². The normalized spacial score (nSPS) is 15.9. The van der Waals surface area contributed by atoms with Gasteiger partial charge >= 0.3 is 0 Å². The van der Waals surface area contributed by atoms with Crippen LogP contribution in [0.15, 0.2) is 24.7 Å². The van der Waals surface area contributed by atoms with Crippen LogP contribution in [0, 0.1) is 13.8 Å². The largest absolute Gasteiger partial charge is 0.353 e. The SMILES string of the molecule is Cc1cncc(-n2cc(C)nc2NC2CCCC2)c1. The molecule has 4 heteroatoms. The molecule has 3 rings (SSSR count). The molecule has 0 aromatic carbocycles. The van der Waals surface area contributed by atoms with E-state index in [0.29, 0.717) is 6.04 Å². The van der Waals surface area contributed by atoms with E-state index in [9.17, 15) is 0 Å². The smallest absolute Gasteiger partial charge is 0.208 e. The van der Waals surface area contributed by atoms with Crippen LogP contribution in [0.5, 0.6) is 0 Å². The Hall–Kier alpha value is -1.84. The Morgan fingerprint density at radius 3 is 2.74 bits per heavy atom. The number of pyridine rings is 1. The third-order valence-corrected chi connectivity index (χ3v) is 3.65. The minimum Gasteiger partial charge on any atom is -0.353 e. The summed E-state index contributed by atoms with van der Waals surface area (Å²) in [5.74, 6) is 0.941. The van der Waals surface area contributed by atoms with Gasteiger partial charge in [-0.25, -0.2) is 4.98 Å². The summed E-state index contributed by atoms with van der Waals surface area (Å²) in [6.45, 7) is 4.09. The standard InChI is InChI=1S/C15H20N4/c1-11-7-14(9-16-8-11)19-10-12(2)17-15(19)18-13-5-3-4-6-13/h7-10,13H,3-6H2,1-2H3,(H,17,18). The van der Waals surface area contributed by atoms with E-state index >= 15 is 0 Å². The van der Waals surface area contributed by atoms with E-state index in [1.165, 1.54) is 25.7 Å². The van der Waals surface area contributed by atoms with Crippen LogP contribution in [-0.2, 0) is 0 Å². The van der Waals surface area contributed by atoms with Gasteiger partial charge in [-0.1, -0.05) is 12.8 Å². The molecule has 0 saturated heterocycles. The second-order valence-electron chi connectivity index (χ2n) is 5.42. The van der Waals surface area contributed by atoms with Gasteiger partial charge < -0.3 is 5.32 Å². The van der Waals surface area contributed by atoms with Crippen molar-refractivity contribution < 1.29 is 0 Å². The zero-order valence-electron chi connectivity index (χ0n) is 11.6. The van der Waals surface area contributed by atoms with Crippen LogP contribution in [0.2, 0.25) is 0 Å². The van der Waals surface area contributed by atoms with Crippen molar-refractivity contribution in [1.29, 1.82) is 0 Å². The molecule has 2 aromatic rings. The van der Waals surface area contributed by atoms with Crippen molar-refractivity contribution in [3.63, 3.8) is 0 Å². The van der Waals surface area contributed by atoms with Crippen molar-refractivity contribution in [3.8, 4) is 5.69 Å². The van der Waals surface area contributed by atoms with E-state index in [1.807, 2.05) is 19.3 Å². The zero-order valence-corrected chi connectivity index (χ0v) is 11.6. The molecule has 1 fully saturated rings. The van der Waals surface area contributed by atoms with Crippen LogP contribution >= 0.6 is 0 Å². The van der Waals surface area contributed by atoms with E-state index < -0.39 is 0 Å². The molecule has 4 nitrogen and oxygen atoms in total. The zero-order chi connectivity index (χ0) is 13.2. The third kappa shape index (κ3) is 2.62. The summed E-state index contributed by atoms with van der Waals surface area (Å²) in [4.78, 5) is 8.87. The predicted octanol–water partition coefficient (Wildman–Crippen LogP) is 3.24. The van der Waals surface area contributed by atoms with Crippen molar-refractivity contribution in [3.05, 3.63) is 35.9 Å². The Labute approximate surface area is 113 Å². The number of nitrogens with one attached hydrogen (secondary N) is 1. The fraction of sp³-hybridized carbons (Fsp3) is 0.467. The second kappa shape index (κ2) is 5.03. The molecular weight excluding hydrogens is 236 g/mol. The molecular formula is C15H20N4. The molecule has 1 aliphatic rings. The predicted molar refractivity (Wildman–Crippen MR) is 76.7 cm³/mol. The first kappa shape index (κ1) is 12.2. The van der Waals surface area contributed by atoms with Crippen molar-refractivity contribution >= 4 is 5.95 Å². The highest BCUT2D eigenvalue weighted by molar-refractivity contribution is 5.43. The van der Waals surface area contributed by atoms with Crippen LogP contribution in [0.25, 0.3) is 5.69 Å². The lowest BCUT2D eigenvalue weighted by molar-refractivity contribution is 0.740. The van der Waals surface area contributed by atoms with Crippen molar-refractivity contribution in [1.82, 2.24) is 14.5 Å². The minimum atomic E-state index is 0.568. The molecule has 0 atom stereocenters. The highest BCUT2D eigenvalue weighted by atomic mass is 15.2. The lowest BCUT2D eigenvalue weighted by Crippen LogP contribution is -2.17. The Morgan fingerprint density at radius 2 is 2.00 bits per heavy atom. The van der Waals surface area contributed by atoms with Gasteiger partial charge in [-0.15, -0.1) is 0 Å². The summed E-state index contributed by atoms with van der Waals surface area (Å²) in [6, 6.07) is 2.70. The molecule has 19 heavy (non-hydrogen) atoms. The first-order valence-electron chi connectivity index (χ1n) is 6.97. The number of aryl methyl sites for hydroxylation is 2. The number of hydrogen-bond acceptors (Lipinski definition) is 3. The summed E-state index contributed by atoms with van der Waals surface area (Å²) >= 11 is 0. The van der Waals surface area contributed by atoms with Gasteiger partial charge in [0.15, 0.2) is 0 Å². The van der Waals surface area contributed by atoms with Gasteiger partial charge in [0, 0.05) is 18.4 Å². The Balaban J connectivity index is 1.92. The van der Waals surface area contributed by atoms with Crippen LogP contribution in [-0.4, -0.2) is 20.6 Å². The first-order chi connectivity index (χ1) is 9.22. The molecule has 1 N–H and O–H groups in total. The molecule has 0 radical (unpaired) electrons. The number of nitrogens with zero attached hydrogens (tertiary/aromatic N) is 3. The maximum Gasteiger partial charge on any atom is 0.208 e. The number of anilines is 1. The summed E-state index contributed by atoms with van der Waals surface area (Å²) in [5, 5.41) is 3.57. The molecule has 1 aliphatic carbocycles. The van der Waals surface area contributed by atoms with Crippen LogP contribution in [0.1, 0.15) is 36.9 Å². The third-order valence-electron chi connectivity index (χ3n) is 3.65. The molecule has 1 saturated carbocycles. The lowest BCUT2D eigenvalue weighted by Gasteiger charge is -2.14. The number of imidazole rings is 1. The number of hydrogen-bond donors (Lipinski definition) is 1. The van der Waals surface area contributed by atoms with Gasteiger partial charge in [-0.05, 0) is 38.3 Å². The molecule has 0 amide bonds. The van der Waals surface area contributed by atoms with Crippen molar-refractivity contribution in [2.75, 3.05) is 5.32 Å². The molecule has 2 aromatic heterocycles. The highest BCUT2D eigenvalue weighted by Gasteiger charge is 2.17. The van der Waals surface area contributed by atoms with Crippen LogP contribution in [0.4, 0.5) is 5.95 Å². The second-order valence-corrected chi connectivity index (χ2v) is 5.42. The number of rotatable bonds is 3. The van der Waals surface area contributed by atoms with Gasteiger partial charge in [-0.3, -0.25) is 9.55 Å². The van der Waals surface area contributed by atoms with E-state index in [1.54, 1.807) is 0 Å². The summed E-state index contributed by atoms with van der Waals surface area (Å²) < 4.78 is 2.10. The van der Waals surface area contributed by atoms with E-state index in [0.717, 1.165) is 22.9 Å². The van der Waals surface area contributed by atoms with E-state index in [4.69, 9.17) is 0 Å². The van der Waals surface area contributed by atoms with Gasteiger partial charge in [0.1, 0.15) is 0 Å². The van der Waals surface area contributed by atoms with E-state index in [-0.39, 0.29) is 0 Å². The molecule has 2 heterocycles. The van der Waals surface area contributed by atoms with Crippen molar-refractivity contribution in [2.45, 2.75) is 45.6 Å². The summed E-state index contributed by atoms with van der Waals surface area (Å²) in [6.07, 6.45) is 11.0. The van der Waals surface area contributed by atoms with E-state index in [2.05, 4.69) is 39.0 Å². The van der Waals surface area contributed by atoms with Crippen LogP contribution < -0.4 is 5.32 Å². The molecule has 0 aliphatic heterocycles. The summed E-state index contributed by atoms with van der Waals surface area (Å²) in [5.41, 5.74) is 3.26.